The lowest BCUT2D eigenvalue weighted by molar-refractivity contribution is -0.123. The van der Waals surface area contributed by atoms with Gasteiger partial charge in [0.05, 0.1) is 36.1 Å². The molecule has 1 heterocycles. The average Bonchev–Trinajstić information content (AvgIpc) is 3.23. The molecule has 0 aliphatic rings. The first-order valence-corrected chi connectivity index (χ1v) is 10.5. The summed E-state index contributed by atoms with van der Waals surface area (Å²) in [6.07, 6.45) is -0.903. The third-order valence-electron chi connectivity index (χ3n) is 4.70. The van der Waals surface area contributed by atoms with Crippen molar-refractivity contribution in [1.29, 1.82) is 5.26 Å². The number of carbonyl (C=O) groups is 1. The van der Waals surface area contributed by atoms with E-state index in [1.54, 1.807) is 44.6 Å². The minimum Gasteiger partial charge on any atom is -0.493 e. The van der Waals surface area contributed by atoms with Crippen LogP contribution in [-0.4, -0.2) is 25.1 Å². The number of carbonyl (C=O) groups excluding carboxylic acids is 1. The van der Waals surface area contributed by atoms with Gasteiger partial charge in [0.2, 0.25) is 6.10 Å². The largest absolute Gasteiger partial charge is 0.493 e. The molecule has 1 aromatic heterocycles. The van der Waals surface area contributed by atoms with Crippen molar-refractivity contribution in [2.45, 2.75) is 6.10 Å². The molecule has 0 bridgehead atoms. The first-order valence-electron chi connectivity index (χ1n) is 9.66. The van der Waals surface area contributed by atoms with Crippen molar-refractivity contribution in [2.24, 2.45) is 0 Å². The lowest BCUT2D eigenvalue weighted by Gasteiger charge is -2.18. The molecule has 4 aromatic rings. The Hall–Kier alpha value is -4.09. The molecule has 32 heavy (non-hydrogen) atoms. The molecule has 8 heteroatoms. The van der Waals surface area contributed by atoms with Crippen LogP contribution >= 0.6 is 11.3 Å². The number of hydrogen-bond donors (Lipinski definition) is 1. The highest BCUT2D eigenvalue weighted by Crippen LogP contribution is 2.36. The van der Waals surface area contributed by atoms with E-state index < -0.39 is 6.10 Å². The normalized spacial score (nSPS) is 11.4. The van der Waals surface area contributed by atoms with E-state index in [0.29, 0.717) is 39.0 Å². The second-order valence-electron chi connectivity index (χ2n) is 6.73. The Labute approximate surface area is 188 Å². The van der Waals surface area contributed by atoms with Crippen LogP contribution in [0.3, 0.4) is 0 Å². The third kappa shape index (κ3) is 4.48. The smallest absolute Gasteiger partial charge is 0.271 e. The number of hydrogen-bond acceptors (Lipinski definition) is 7. The molecule has 4 rings (SSSR count). The summed E-state index contributed by atoms with van der Waals surface area (Å²) in [4.78, 5) is 17.7. The second kappa shape index (κ2) is 9.37. The molecular formula is C24H19N3O4S. The van der Waals surface area contributed by atoms with Gasteiger partial charge in [0, 0.05) is 17.7 Å². The van der Waals surface area contributed by atoms with Gasteiger partial charge in [-0.15, -0.1) is 0 Å². The first kappa shape index (κ1) is 21.2. The van der Waals surface area contributed by atoms with Gasteiger partial charge in [-0.1, -0.05) is 41.7 Å². The number of nitrogens with zero attached hydrogens (tertiary/aromatic N) is 2. The number of nitriles is 1. The summed E-state index contributed by atoms with van der Waals surface area (Å²) in [6.45, 7) is 0. The van der Waals surface area contributed by atoms with Gasteiger partial charge >= 0.3 is 0 Å². The third-order valence-corrected chi connectivity index (χ3v) is 5.64. The van der Waals surface area contributed by atoms with Crippen LogP contribution in [0.5, 0.6) is 17.2 Å². The van der Waals surface area contributed by atoms with Crippen molar-refractivity contribution in [3.05, 3.63) is 77.9 Å². The molecule has 3 aromatic carbocycles. The minimum atomic E-state index is -0.903. The van der Waals surface area contributed by atoms with E-state index in [1.165, 1.54) is 11.3 Å². The van der Waals surface area contributed by atoms with Crippen molar-refractivity contribution in [3.63, 3.8) is 0 Å². The minimum absolute atomic E-state index is 0.362. The van der Waals surface area contributed by atoms with Crippen molar-refractivity contribution in [1.82, 2.24) is 4.98 Å². The fourth-order valence-corrected chi connectivity index (χ4v) is 4.00. The first-order chi connectivity index (χ1) is 15.6. The van der Waals surface area contributed by atoms with E-state index in [-0.39, 0.29) is 5.91 Å². The average molecular weight is 446 g/mol. The number of nitrogens with one attached hydrogen (secondary N) is 1. The molecular weight excluding hydrogens is 426 g/mol. The molecule has 0 fully saturated rings. The van der Waals surface area contributed by atoms with Crippen molar-refractivity contribution < 1.29 is 19.0 Å². The maximum Gasteiger partial charge on any atom is 0.271 e. The number of amides is 1. The number of fused-ring (bicyclic) bond motifs is 1. The van der Waals surface area contributed by atoms with Crippen LogP contribution in [0.1, 0.15) is 17.2 Å². The number of ether oxygens (including phenoxy) is 3. The lowest BCUT2D eigenvalue weighted by Crippen LogP contribution is -2.25. The SMILES string of the molecule is COc1cc2nc(NC(=O)C(Oc3ccc(C#N)cc3)c3ccccc3)sc2cc1OC. The van der Waals surface area contributed by atoms with Gasteiger partial charge in [-0.2, -0.15) is 5.26 Å². The monoisotopic (exact) mass is 445 g/mol. The van der Waals surface area contributed by atoms with E-state index in [1.807, 2.05) is 36.4 Å². The van der Waals surface area contributed by atoms with Crippen LogP contribution in [0.2, 0.25) is 0 Å². The molecule has 0 aliphatic carbocycles. The van der Waals surface area contributed by atoms with Crippen LogP contribution in [0.25, 0.3) is 10.2 Å². The number of anilines is 1. The van der Waals surface area contributed by atoms with E-state index >= 15 is 0 Å². The Morgan fingerprint density at radius 2 is 1.72 bits per heavy atom. The Kier molecular flexibility index (Phi) is 6.19. The molecule has 1 N–H and O–H groups in total. The standard InChI is InChI=1S/C24H19N3O4S/c1-29-19-12-18-21(13-20(19)30-2)32-24(26-18)27-23(28)22(16-6-4-3-5-7-16)31-17-10-8-15(14-25)9-11-17/h3-13,22H,1-2H3,(H,26,27,28). The lowest BCUT2D eigenvalue weighted by atomic mass is 10.1. The van der Waals surface area contributed by atoms with Crippen molar-refractivity contribution in [3.8, 4) is 23.3 Å². The van der Waals surface area contributed by atoms with E-state index in [4.69, 9.17) is 19.5 Å². The Morgan fingerprint density at radius 1 is 1.03 bits per heavy atom. The maximum absolute atomic E-state index is 13.2. The van der Waals surface area contributed by atoms with Crippen LogP contribution in [0.15, 0.2) is 66.7 Å². The summed E-state index contributed by atoms with van der Waals surface area (Å²) >= 11 is 1.33. The molecule has 7 nitrogen and oxygen atoms in total. The van der Waals surface area contributed by atoms with Crippen molar-refractivity contribution in [2.75, 3.05) is 19.5 Å². The van der Waals surface area contributed by atoms with Crippen LogP contribution < -0.4 is 19.5 Å². The summed E-state index contributed by atoms with van der Waals surface area (Å²) in [6, 6.07) is 21.5. The summed E-state index contributed by atoms with van der Waals surface area (Å²) in [7, 11) is 3.13. The fourth-order valence-electron chi connectivity index (χ4n) is 3.12. The zero-order valence-electron chi connectivity index (χ0n) is 17.4. The Morgan fingerprint density at radius 3 is 2.38 bits per heavy atom. The molecule has 1 atom stereocenters. The topological polar surface area (TPSA) is 93.5 Å². The van der Waals surface area contributed by atoms with E-state index in [9.17, 15) is 4.79 Å². The highest BCUT2D eigenvalue weighted by molar-refractivity contribution is 7.22. The molecule has 1 amide bonds. The van der Waals surface area contributed by atoms with Crippen molar-refractivity contribution >= 4 is 32.6 Å². The number of rotatable bonds is 7. The van der Waals surface area contributed by atoms with Crippen LogP contribution in [-0.2, 0) is 4.79 Å². The second-order valence-corrected chi connectivity index (χ2v) is 7.76. The summed E-state index contributed by atoms with van der Waals surface area (Å²) < 4.78 is 17.5. The van der Waals surface area contributed by atoms with Gasteiger partial charge in [-0.25, -0.2) is 4.98 Å². The molecule has 0 aliphatic heterocycles. The van der Waals surface area contributed by atoms with Crippen LogP contribution in [0, 0.1) is 11.3 Å². The van der Waals surface area contributed by atoms with E-state index in [0.717, 1.165) is 4.70 Å². The molecule has 1 unspecified atom stereocenters. The molecule has 0 spiro atoms. The highest BCUT2D eigenvalue weighted by Gasteiger charge is 2.24. The quantitative estimate of drug-likeness (QED) is 0.433. The highest BCUT2D eigenvalue weighted by atomic mass is 32.1. The van der Waals surface area contributed by atoms with Gasteiger partial charge in [-0.3, -0.25) is 10.1 Å². The molecule has 0 saturated heterocycles. The number of aromatic nitrogens is 1. The zero-order chi connectivity index (χ0) is 22.5. The van der Waals surface area contributed by atoms with Gasteiger partial charge in [0.15, 0.2) is 16.6 Å². The summed E-state index contributed by atoms with van der Waals surface area (Å²) in [5.41, 5.74) is 1.89. The van der Waals surface area contributed by atoms with Gasteiger partial charge in [-0.05, 0) is 24.3 Å². The predicted octanol–water partition coefficient (Wildman–Crippen LogP) is 4.94. The number of thiazole rings is 1. The number of benzene rings is 3. The molecule has 160 valence electrons. The van der Waals surface area contributed by atoms with E-state index in [2.05, 4.69) is 16.4 Å². The summed E-state index contributed by atoms with van der Waals surface area (Å²) in [5.74, 6) is 1.27. The van der Waals surface area contributed by atoms with Gasteiger partial charge in [0.1, 0.15) is 5.75 Å². The van der Waals surface area contributed by atoms with Gasteiger partial charge < -0.3 is 14.2 Å². The zero-order valence-corrected chi connectivity index (χ0v) is 18.2. The Bertz CT molecular complexity index is 1240. The van der Waals surface area contributed by atoms with Gasteiger partial charge in [0.25, 0.3) is 5.91 Å². The molecule has 0 saturated carbocycles. The fraction of sp³-hybridized carbons (Fsp3) is 0.125. The summed E-state index contributed by atoms with van der Waals surface area (Å²) in [5, 5.41) is 12.3. The maximum atomic E-state index is 13.2. The number of methoxy groups -OCH3 is 2. The Balaban J connectivity index is 1.61. The van der Waals surface area contributed by atoms with Crippen LogP contribution in [0.4, 0.5) is 5.13 Å². The predicted molar refractivity (Wildman–Crippen MR) is 122 cm³/mol. The molecule has 0 radical (unpaired) electrons.